The molecule has 0 aliphatic carbocycles. The van der Waals surface area contributed by atoms with Crippen LogP contribution in [0.15, 0.2) is 0 Å². The van der Waals surface area contributed by atoms with Gasteiger partial charge in [0, 0.05) is 24.8 Å². The summed E-state index contributed by atoms with van der Waals surface area (Å²) in [5.74, 6) is -5.98. The summed E-state index contributed by atoms with van der Waals surface area (Å²) >= 11 is 0. The van der Waals surface area contributed by atoms with Crippen molar-refractivity contribution in [2.75, 3.05) is 0 Å². The van der Waals surface area contributed by atoms with Crippen molar-refractivity contribution in [3.63, 3.8) is 0 Å². The van der Waals surface area contributed by atoms with Crippen molar-refractivity contribution < 1.29 is 134 Å². The number of aliphatic hydroxyl groups is 1. The Balaban J connectivity index is -0.0000000480. The molecule has 0 amide bonds. The first kappa shape index (κ1) is 42.7. The second-order valence-corrected chi connectivity index (χ2v) is 2.42. The molecule has 0 saturated carbocycles. The molecule has 0 bridgehead atoms. The normalized spacial score (nSPS) is 7.42. The summed E-state index contributed by atoms with van der Waals surface area (Å²) in [5, 5.41) is 38.9. The van der Waals surface area contributed by atoms with Crippen molar-refractivity contribution in [2.24, 2.45) is 0 Å². The van der Waals surface area contributed by atoms with E-state index >= 15 is 0 Å². The average Bonchev–Trinajstić information content (AvgIpc) is 1.82. The molecule has 9 nitrogen and oxygen atoms in total. The van der Waals surface area contributed by atoms with Crippen LogP contribution < -0.4 is 104 Å². The minimum absolute atomic E-state index is 0. The van der Waals surface area contributed by atoms with Gasteiger partial charge < -0.3 is 45.8 Å². The van der Waals surface area contributed by atoms with E-state index in [2.05, 4.69) is 0 Å². The van der Waals surface area contributed by atoms with Gasteiger partial charge in [0.25, 0.3) is 0 Å². The predicted octanol–water partition coefficient (Wildman–Crippen LogP) is -15.3. The Morgan fingerprint density at radius 3 is 1.16 bits per heavy atom. The van der Waals surface area contributed by atoms with Crippen LogP contribution in [0.25, 0.3) is 0 Å². The summed E-state index contributed by atoms with van der Waals surface area (Å²) in [6, 6.07) is 0. The Morgan fingerprint density at radius 2 is 1.05 bits per heavy atom. The summed E-state index contributed by atoms with van der Waals surface area (Å²) in [5.41, 5.74) is -2.97. The maximum Gasteiger partial charge on any atom is 1.00 e. The molecule has 98 valence electrons. The van der Waals surface area contributed by atoms with E-state index in [0.29, 0.717) is 0 Å². The molecule has 0 aromatic rings. The fourth-order valence-electron chi connectivity index (χ4n) is 0.684. The standard InChI is InChI=1S/C6H8O7.CH4.3Na.2H2O/c7-3(8)1-6(13,5(11)12)2-4(9)10;;;;;;/h13H,1-2H2,(H,7,8)(H,9,10)(H,11,12);1H4;;;;2*1H2/q;;3*+1;;/p-3. The zero-order chi connectivity index (χ0) is 10.6. The van der Waals surface area contributed by atoms with Gasteiger partial charge in [-0.3, -0.25) is 0 Å². The maximum absolute atomic E-state index is 10.1. The van der Waals surface area contributed by atoms with Crippen LogP contribution in [0.3, 0.4) is 0 Å². The Labute approximate surface area is 176 Å². The molecule has 0 heterocycles. The SMILES string of the molecule is C.O.O.O=C([O-])CC(O)(CC(=O)[O-])C(=O)[O-].[Na+].[Na+].[Na+]. The first-order valence-electron chi connectivity index (χ1n) is 3.11. The van der Waals surface area contributed by atoms with Gasteiger partial charge in [0.05, 0.1) is 5.97 Å². The van der Waals surface area contributed by atoms with Crippen LogP contribution in [0.1, 0.15) is 20.3 Å². The van der Waals surface area contributed by atoms with Crippen molar-refractivity contribution in [3.8, 4) is 0 Å². The second-order valence-electron chi connectivity index (χ2n) is 2.42. The molecule has 0 rings (SSSR count). The molecule has 5 N–H and O–H groups in total. The minimum Gasteiger partial charge on any atom is -0.550 e. The fraction of sp³-hybridized carbons (Fsp3) is 0.571. The van der Waals surface area contributed by atoms with E-state index in [1.165, 1.54) is 0 Å². The number of carboxylic acid groups (broad SMARTS) is 3. The molecule has 0 spiro atoms. The van der Waals surface area contributed by atoms with Gasteiger partial charge in [0.1, 0.15) is 5.60 Å². The Bertz CT molecular complexity index is 242. The van der Waals surface area contributed by atoms with E-state index in [-0.39, 0.29) is 107 Å². The first-order chi connectivity index (χ1) is 5.78. The second kappa shape index (κ2) is 19.3. The molecule has 0 aliphatic rings. The minimum atomic E-state index is -2.97. The van der Waals surface area contributed by atoms with Gasteiger partial charge in [-0.15, -0.1) is 0 Å². The van der Waals surface area contributed by atoms with E-state index in [9.17, 15) is 29.7 Å². The third-order valence-corrected chi connectivity index (χ3v) is 1.25. The molecule has 0 radical (unpaired) electrons. The van der Waals surface area contributed by atoms with E-state index < -0.39 is 36.4 Å². The van der Waals surface area contributed by atoms with Crippen molar-refractivity contribution in [2.45, 2.75) is 25.9 Å². The van der Waals surface area contributed by atoms with Crippen LogP contribution in [0, 0.1) is 0 Å². The zero-order valence-electron chi connectivity index (χ0n) is 10.3. The topological polar surface area (TPSA) is 204 Å². The summed E-state index contributed by atoms with van der Waals surface area (Å²) in [6.45, 7) is 0. The number of carboxylic acids is 3. The number of hydrogen-bond donors (Lipinski definition) is 1. The van der Waals surface area contributed by atoms with Crippen LogP contribution in [0.2, 0.25) is 0 Å². The van der Waals surface area contributed by atoms with Crippen molar-refractivity contribution in [3.05, 3.63) is 0 Å². The number of aliphatic carboxylic acids is 3. The van der Waals surface area contributed by atoms with E-state index in [4.69, 9.17) is 5.11 Å². The molecule has 0 saturated heterocycles. The van der Waals surface area contributed by atoms with Gasteiger partial charge in [-0.2, -0.15) is 0 Å². The van der Waals surface area contributed by atoms with Gasteiger partial charge in [-0.25, -0.2) is 0 Å². The van der Waals surface area contributed by atoms with Crippen molar-refractivity contribution in [1.29, 1.82) is 0 Å². The van der Waals surface area contributed by atoms with Gasteiger partial charge in [-0.1, -0.05) is 7.43 Å². The van der Waals surface area contributed by atoms with Gasteiger partial charge in [-0.05, 0) is 0 Å². The quantitative estimate of drug-likeness (QED) is 0.484. The summed E-state index contributed by atoms with van der Waals surface area (Å²) in [6.07, 6.45) is -2.72. The number of rotatable bonds is 5. The van der Waals surface area contributed by atoms with Crippen LogP contribution in [0.4, 0.5) is 0 Å². The fourth-order valence-corrected chi connectivity index (χ4v) is 0.684. The zero-order valence-corrected chi connectivity index (χ0v) is 16.3. The predicted molar refractivity (Wildman–Crippen MR) is 43.2 cm³/mol. The van der Waals surface area contributed by atoms with Crippen LogP contribution in [0.5, 0.6) is 0 Å². The Morgan fingerprint density at radius 1 is 0.842 bits per heavy atom. The van der Waals surface area contributed by atoms with Gasteiger partial charge >= 0.3 is 88.7 Å². The van der Waals surface area contributed by atoms with Crippen LogP contribution in [-0.4, -0.2) is 39.6 Å². The third-order valence-electron chi connectivity index (χ3n) is 1.25. The molecule has 0 aromatic carbocycles. The first-order valence-corrected chi connectivity index (χ1v) is 3.11. The average molecular weight is 310 g/mol. The molecule has 0 aliphatic heterocycles. The van der Waals surface area contributed by atoms with E-state index in [1.54, 1.807) is 0 Å². The van der Waals surface area contributed by atoms with Crippen molar-refractivity contribution >= 4 is 17.9 Å². The molecule has 0 fully saturated rings. The Kier molecular flexibility index (Phi) is 43.4. The molecule has 0 atom stereocenters. The summed E-state index contributed by atoms with van der Waals surface area (Å²) in [4.78, 5) is 30.0. The maximum atomic E-state index is 10.1. The molecular formula is C7H13Na3O9. The molecule has 19 heavy (non-hydrogen) atoms. The molecule has 0 unspecified atom stereocenters. The monoisotopic (exact) mass is 310 g/mol. The Hall–Kier alpha value is 1.29. The summed E-state index contributed by atoms with van der Waals surface area (Å²) in [7, 11) is 0. The smallest absolute Gasteiger partial charge is 0.550 e. The van der Waals surface area contributed by atoms with Crippen LogP contribution >= 0.6 is 0 Å². The largest absolute Gasteiger partial charge is 1.00 e. The third kappa shape index (κ3) is 19.3. The van der Waals surface area contributed by atoms with Gasteiger partial charge in [0.2, 0.25) is 0 Å². The summed E-state index contributed by atoms with van der Waals surface area (Å²) < 4.78 is 0. The van der Waals surface area contributed by atoms with Gasteiger partial charge in [0.15, 0.2) is 0 Å². The number of carbonyl (C=O) groups is 3. The molecular weight excluding hydrogens is 297 g/mol. The number of carbonyl (C=O) groups excluding carboxylic acids is 3. The van der Waals surface area contributed by atoms with Crippen LogP contribution in [-0.2, 0) is 14.4 Å². The number of hydrogen-bond acceptors (Lipinski definition) is 7. The van der Waals surface area contributed by atoms with E-state index in [0.717, 1.165) is 0 Å². The van der Waals surface area contributed by atoms with Crippen molar-refractivity contribution in [1.82, 2.24) is 0 Å². The molecule has 12 heteroatoms. The van der Waals surface area contributed by atoms with E-state index in [1.807, 2.05) is 0 Å². The molecule has 0 aromatic heterocycles.